The van der Waals surface area contributed by atoms with Crippen LogP contribution in [0.2, 0.25) is 0 Å². The van der Waals surface area contributed by atoms with Crippen LogP contribution in [-0.4, -0.2) is 29.1 Å². The van der Waals surface area contributed by atoms with Crippen LogP contribution in [-0.2, 0) is 16.1 Å². The number of hydrogen-bond acceptors (Lipinski definition) is 5. The Morgan fingerprint density at radius 2 is 2.22 bits per heavy atom. The molecule has 1 saturated carbocycles. The van der Waals surface area contributed by atoms with Gasteiger partial charge in [0, 0.05) is 29.0 Å². The second-order valence-corrected chi connectivity index (χ2v) is 7.64. The Kier molecular flexibility index (Phi) is 6.49. The number of aromatic nitrogens is 1. The van der Waals surface area contributed by atoms with E-state index in [4.69, 9.17) is 10.5 Å². The van der Waals surface area contributed by atoms with E-state index >= 15 is 0 Å². The quantitative estimate of drug-likeness (QED) is 0.842. The van der Waals surface area contributed by atoms with E-state index in [9.17, 15) is 4.79 Å². The Labute approximate surface area is 153 Å². The normalized spacial score (nSPS) is 31.0. The van der Waals surface area contributed by atoms with Gasteiger partial charge in [0.05, 0.1) is 12.6 Å². The van der Waals surface area contributed by atoms with Gasteiger partial charge in [-0.05, 0) is 19.8 Å². The standard InChI is InChI=1S/C15H23N3O2S.2ClH/c1-9-8-21-11(18-9)7-17-13(19)15(16)10-5-4-6-20-12(10)14(15,2)3;;/h8,10,12H,4-7,16H2,1-3H3,(H,17,19);2*1H. The number of amides is 1. The highest BCUT2D eigenvalue weighted by molar-refractivity contribution is 7.09. The van der Waals surface area contributed by atoms with Crippen LogP contribution in [0.15, 0.2) is 5.38 Å². The highest BCUT2D eigenvalue weighted by Gasteiger charge is 2.70. The first-order valence-electron chi connectivity index (χ1n) is 7.47. The van der Waals surface area contributed by atoms with Gasteiger partial charge in [-0.1, -0.05) is 13.8 Å². The maximum atomic E-state index is 12.7. The fraction of sp³-hybridized carbons (Fsp3) is 0.733. The van der Waals surface area contributed by atoms with Gasteiger partial charge in [-0.2, -0.15) is 0 Å². The molecule has 2 heterocycles. The number of ether oxygens (including phenoxy) is 1. The number of fused-ring (bicyclic) bond motifs is 1. The van der Waals surface area contributed by atoms with Crippen LogP contribution in [0.5, 0.6) is 0 Å². The molecule has 1 aliphatic carbocycles. The molecular weight excluding hydrogens is 357 g/mol. The number of thiazole rings is 1. The number of rotatable bonds is 3. The van der Waals surface area contributed by atoms with Crippen LogP contribution in [0.25, 0.3) is 0 Å². The molecule has 1 saturated heterocycles. The molecule has 3 atom stereocenters. The Morgan fingerprint density at radius 3 is 2.83 bits per heavy atom. The molecule has 132 valence electrons. The largest absolute Gasteiger partial charge is 0.377 e. The first kappa shape index (κ1) is 20.6. The molecule has 2 aliphatic rings. The number of nitrogens with one attached hydrogen (secondary N) is 1. The molecule has 3 N–H and O–H groups in total. The first-order chi connectivity index (χ1) is 9.87. The molecule has 0 radical (unpaired) electrons. The minimum Gasteiger partial charge on any atom is -0.377 e. The smallest absolute Gasteiger partial charge is 0.241 e. The van der Waals surface area contributed by atoms with Crippen LogP contribution in [0.1, 0.15) is 37.4 Å². The van der Waals surface area contributed by atoms with Gasteiger partial charge in [0.25, 0.3) is 0 Å². The van der Waals surface area contributed by atoms with Crippen molar-refractivity contribution in [3.8, 4) is 0 Å². The van der Waals surface area contributed by atoms with E-state index < -0.39 is 5.54 Å². The molecule has 0 bridgehead atoms. The maximum Gasteiger partial charge on any atom is 0.241 e. The van der Waals surface area contributed by atoms with Crippen LogP contribution in [0, 0.1) is 18.3 Å². The van der Waals surface area contributed by atoms with Gasteiger partial charge < -0.3 is 15.8 Å². The van der Waals surface area contributed by atoms with Crippen molar-refractivity contribution >= 4 is 42.1 Å². The van der Waals surface area contributed by atoms with E-state index in [-0.39, 0.29) is 48.2 Å². The molecule has 1 aliphatic heterocycles. The fourth-order valence-corrected chi connectivity index (χ4v) is 4.53. The highest BCUT2D eigenvalue weighted by atomic mass is 35.5. The van der Waals surface area contributed by atoms with Crippen molar-refractivity contribution in [2.45, 2.75) is 51.8 Å². The van der Waals surface area contributed by atoms with Gasteiger partial charge in [0.1, 0.15) is 10.5 Å². The fourth-order valence-electron chi connectivity index (χ4n) is 3.82. The van der Waals surface area contributed by atoms with E-state index in [0.717, 1.165) is 30.2 Å². The summed E-state index contributed by atoms with van der Waals surface area (Å²) in [4.78, 5) is 17.0. The van der Waals surface area contributed by atoms with Gasteiger partial charge in [-0.25, -0.2) is 4.98 Å². The van der Waals surface area contributed by atoms with Gasteiger partial charge in [-0.3, -0.25) is 4.79 Å². The maximum absolute atomic E-state index is 12.7. The van der Waals surface area contributed by atoms with Crippen LogP contribution >= 0.6 is 36.2 Å². The van der Waals surface area contributed by atoms with Crippen LogP contribution in [0.4, 0.5) is 0 Å². The topological polar surface area (TPSA) is 77.2 Å². The number of nitrogens with two attached hydrogens (primary N) is 1. The molecule has 1 aromatic heterocycles. The molecule has 0 spiro atoms. The van der Waals surface area contributed by atoms with Crippen molar-refractivity contribution in [1.82, 2.24) is 10.3 Å². The number of aryl methyl sites for hydroxylation is 1. The van der Waals surface area contributed by atoms with E-state index in [2.05, 4.69) is 10.3 Å². The summed E-state index contributed by atoms with van der Waals surface area (Å²) < 4.78 is 5.83. The second kappa shape index (κ2) is 7.23. The van der Waals surface area contributed by atoms with E-state index in [1.165, 1.54) is 0 Å². The van der Waals surface area contributed by atoms with Crippen LogP contribution in [0.3, 0.4) is 0 Å². The monoisotopic (exact) mass is 381 g/mol. The summed E-state index contributed by atoms with van der Waals surface area (Å²) in [5, 5.41) is 5.87. The molecule has 23 heavy (non-hydrogen) atoms. The van der Waals surface area contributed by atoms with Gasteiger partial charge >= 0.3 is 0 Å². The molecule has 5 nitrogen and oxygen atoms in total. The van der Waals surface area contributed by atoms with Crippen molar-refractivity contribution in [3.05, 3.63) is 16.1 Å². The first-order valence-corrected chi connectivity index (χ1v) is 8.35. The zero-order chi connectivity index (χ0) is 15.3. The zero-order valence-electron chi connectivity index (χ0n) is 13.6. The molecule has 1 amide bonds. The third-order valence-corrected chi connectivity index (χ3v) is 6.09. The van der Waals surface area contributed by atoms with E-state index in [1.54, 1.807) is 11.3 Å². The Morgan fingerprint density at radius 1 is 1.52 bits per heavy atom. The van der Waals surface area contributed by atoms with E-state index in [0.29, 0.717) is 6.54 Å². The predicted molar refractivity (Wildman–Crippen MR) is 96.4 cm³/mol. The molecule has 3 rings (SSSR count). The lowest BCUT2D eigenvalue weighted by Gasteiger charge is -2.65. The zero-order valence-corrected chi connectivity index (χ0v) is 16.1. The summed E-state index contributed by atoms with van der Waals surface area (Å²) in [6.45, 7) is 7.25. The molecule has 2 fully saturated rings. The second-order valence-electron chi connectivity index (χ2n) is 6.70. The summed E-state index contributed by atoms with van der Waals surface area (Å²) in [6.07, 6.45) is 2.05. The van der Waals surface area contributed by atoms with Gasteiger partial charge in [-0.15, -0.1) is 36.2 Å². The number of carbonyl (C=O) groups is 1. The lowest BCUT2D eigenvalue weighted by Crippen LogP contribution is -2.82. The molecule has 0 aromatic carbocycles. The summed E-state index contributed by atoms with van der Waals surface area (Å²) in [5.41, 5.74) is 6.35. The Balaban J connectivity index is 0.00000132. The highest BCUT2D eigenvalue weighted by Crippen LogP contribution is 2.57. The summed E-state index contributed by atoms with van der Waals surface area (Å²) in [5.74, 6) is 0.0476. The van der Waals surface area contributed by atoms with Crippen molar-refractivity contribution in [1.29, 1.82) is 0 Å². The van der Waals surface area contributed by atoms with Gasteiger partial charge in [0.2, 0.25) is 5.91 Å². The molecular formula is C15H25Cl2N3O2S. The van der Waals surface area contributed by atoms with E-state index in [1.807, 2.05) is 26.2 Å². The van der Waals surface area contributed by atoms with Crippen LogP contribution < -0.4 is 11.1 Å². The van der Waals surface area contributed by atoms with Crippen molar-refractivity contribution < 1.29 is 9.53 Å². The Bertz CT molecular complexity index is 567. The lowest BCUT2D eigenvalue weighted by molar-refractivity contribution is -0.225. The average molecular weight is 382 g/mol. The molecule has 3 unspecified atom stereocenters. The molecule has 8 heteroatoms. The minimum atomic E-state index is -0.843. The lowest BCUT2D eigenvalue weighted by atomic mass is 9.46. The minimum absolute atomic E-state index is 0. The van der Waals surface area contributed by atoms with Gasteiger partial charge in [0.15, 0.2) is 0 Å². The molecule has 1 aromatic rings. The predicted octanol–water partition coefficient (Wildman–Crippen LogP) is 2.44. The number of halogens is 2. The summed E-state index contributed by atoms with van der Waals surface area (Å²) in [6, 6.07) is 0. The number of hydrogen-bond donors (Lipinski definition) is 2. The Hall–Kier alpha value is -0.400. The summed E-state index contributed by atoms with van der Waals surface area (Å²) in [7, 11) is 0. The number of carbonyl (C=O) groups excluding carboxylic acids is 1. The average Bonchev–Trinajstić information content (AvgIpc) is 2.89. The summed E-state index contributed by atoms with van der Waals surface area (Å²) >= 11 is 1.56. The number of nitrogens with zero attached hydrogens (tertiary/aromatic N) is 1. The SMILES string of the molecule is Cc1csc(CNC(=O)C2(N)C3CCCOC3C2(C)C)n1.Cl.Cl. The van der Waals surface area contributed by atoms with Crippen molar-refractivity contribution in [3.63, 3.8) is 0 Å². The van der Waals surface area contributed by atoms with Crippen molar-refractivity contribution in [2.24, 2.45) is 17.1 Å². The van der Waals surface area contributed by atoms with Crippen molar-refractivity contribution in [2.75, 3.05) is 6.61 Å². The third kappa shape index (κ3) is 3.12. The third-order valence-electron chi connectivity index (χ3n) is 5.13.